The van der Waals surface area contributed by atoms with E-state index < -0.39 is 31.6 Å². The Balaban J connectivity index is 2.44. The molecule has 0 atom stereocenters. The van der Waals surface area contributed by atoms with Gasteiger partial charge in [0.25, 0.3) is 12.3 Å². The van der Waals surface area contributed by atoms with E-state index in [1.54, 1.807) is 6.07 Å². The zero-order valence-corrected chi connectivity index (χ0v) is 12.5. The third kappa shape index (κ3) is 3.96. The number of benzene rings is 1. The first-order chi connectivity index (χ1) is 10.2. The summed E-state index contributed by atoms with van der Waals surface area (Å²) in [6.45, 7) is -2.14. The molecule has 2 aromatic rings. The van der Waals surface area contributed by atoms with Gasteiger partial charge in [-0.15, -0.1) is 0 Å². The van der Waals surface area contributed by atoms with Crippen LogP contribution in [0.4, 0.5) is 22.0 Å². The molecule has 1 amide bonds. The molecule has 2 rings (SSSR count). The van der Waals surface area contributed by atoms with Crippen LogP contribution in [0, 0.1) is 0 Å². The monoisotopic (exact) mass is 384 g/mol. The number of hydrogen-bond acceptors (Lipinski definition) is 1. The van der Waals surface area contributed by atoms with Gasteiger partial charge in [0.05, 0.1) is 17.6 Å². The van der Waals surface area contributed by atoms with Crippen LogP contribution in [0.25, 0.3) is 10.9 Å². The quantitative estimate of drug-likeness (QED) is 0.795. The lowest BCUT2D eigenvalue weighted by molar-refractivity contribution is -0.139. The molecule has 1 heterocycles. The van der Waals surface area contributed by atoms with Crippen LogP contribution < -0.4 is 5.32 Å². The Hall–Kier alpha value is -1.64. The van der Waals surface area contributed by atoms with Crippen molar-refractivity contribution in [3.63, 3.8) is 0 Å². The standard InChI is InChI=1S/C13H10BrF5N2O/c14-7-1-2-8-9(12(22)20-4-11(15)16)5-21(10(8)3-7)6-13(17,18)19/h1-3,5,11H,4,6H2,(H,20,22). The minimum absolute atomic E-state index is 0.0765. The maximum atomic E-state index is 12.6. The maximum Gasteiger partial charge on any atom is 0.406 e. The topological polar surface area (TPSA) is 34.0 Å². The number of nitrogens with zero attached hydrogens (tertiary/aromatic N) is 1. The third-order valence-corrected chi connectivity index (χ3v) is 3.35. The summed E-state index contributed by atoms with van der Waals surface area (Å²) < 4.78 is 63.5. The van der Waals surface area contributed by atoms with Crippen LogP contribution in [-0.4, -0.2) is 29.6 Å². The van der Waals surface area contributed by atoms with E-state index in [2.05, 4.69) is 15.9 Å². The van der Waals surface area contributed by atoms with Gasteiger partial charge in [0.15, 0.2) is 0 Å². The molecule has 0 spiro atoms. The molecule has 1 aromatic heterocycles. The van der Waals surface area contributed by atoms with Crippen molar-refractivity contribution in [3.8, 4) is 0 Å². The molecule has 3 nitrogen and oxygen atoms in total. The molecule has 9 heteroatoms. The first kappa shape index (κ1) is 16.7. The van der Waals surface area contributed by atoms with Crippen molar-refractivity contribution in [3.05, 3.63) is 34.4 Å². The first-order valence-corrected chi connectivity index (χ1v) is 6.88. The smallest absolute Gasteiger partial charge is 0.346 e. The minimum Gasteiger partial charge on any atom is -0.346 e. The Morgan fingerprint density at radius 1 is 1.32 bits per heavy atom. The van der Waals surface area contributed by atoms with Gasteiger partial charge < -0.3 is 9.88 Å². The second-order valence-corrected chi connectivity index (χ2v) is 5.46. The van der Waals surface area contributed by atoms with E-state index in [4.69, 9.17) is 0 Å². The molecule has 0 aliphatic heterocycles. The fourth-order valence-corrected chi connectivity index (χ4v) is 2.38. The fourth-order valence-electron chi connectivity index (χ4n) is 2.04. The molecule has 0 aliphatic carbocycles. The number of rotatable bonds is 4. The van der Waals surface area contributed by atoms with E-state index >= 15 is 0 Å². The predicted molar refractivity (Wildman–Crippen MR) is 74.0 cm³/mol. The van der Waals surface area contributed by atoms with Crippen LogP contribution in [0.3, 0.4) is 0 Å². The number of carbonyl (C=O) groups excluding carboxylic acids is 1. The lowest BCUT2D eigenvalue weighted by atomic mass is 10.1. The molecule has 1 aromatic carbocycles. The Bertz CT molecular complexity index is 696. The van der Waals surface area contributed by atoms with Crippen LogP contribution in [0.2, 0.25) is 0 Å². The highest BCUT2D eigenvalue weighted by atomic mass is 79.9. The zero-order chi connectivity index (χ0) is 16.5. The van der Waals surface area contributed by atoms with E-state index in [0.29, 0.717) is 4.47 Å². The van der Waals surface area contributed by atoms with Gasteiger partial charge >= 0.3 is 6.18 Å². The predicted octanol–water partition coefficient (Wildman–Crippen LogP) is 3.96. The van der Waals surface area contributed by atoms with Gasteiger partial charge in [0, 0.05) is 16.1 Å². The Labute approximate surface area is 130 Å². The minimum atomic E-state index is -4.47. The molecule has 0 saturated carbocycles. The number of fused-ring (bicyclic) bond motifs is 1. The van der Waals surface area contributed by atoms with Gasteiger partial charge in [-0.3, -0.25) is 4.79 Å². The first-order valence-electron chi connectivity index (χ1n) is 6.09. The molecular weight excluding hydrogens is 375 g/mol. The highest BCUT2D eigenvalue weighted by Crippen LogP contribution is 2.28. The Kier molecular flexibility index (Phi) is 4.74. The van der Waals surface area contributed by atoms with E-state index in [9.17, 15) is 26.7 Å². The molecule has 0 radical (unpaired) electrons. The van der Waals surface area contributed by atoms with Crippen molar-refractivity contribution in [2.45, 2.75) is 19.1 Å². The summed E-state index contributed by atoms with van der Waals surface area (Å²) >= 11 is 3.15. The number of aromatic nitrogens is 1. The maximum absolute atomic E-state index is 12.6. The SMILES string of the molecule is O=C(NCC(F)F)c1cn(CC(F)(F)F)c2cc(Br)ccc12. The van der Waals surface area contributed by atoms with E-state index in [1.165, 1.54) is 12.1 Å². The average Bonchev–Trinajstić information content (AvgIpc) is 2.72. The summed E-state index contributed by atoms with van der Waals surface area (Å²) in [5.41, 5.74) is 0.112. The van der Waals surface area contributed by atoms with Crippen LogP contribution in [0.15, 0.2) is 28.9 Å². The molecule has 22 heavy (non-hydrogen) atoms. The third-order valence-electron chi connectivity index (χ3n) is 2.86. The van der Waals surface area contributed by atoms with Gasteiger partial charge in [-0.05, 0) is 12.1 Å². The van der Waals surface area contributed by atoms with Crippen LogP contribution >= 0.6 is 15.9 Å². The summed E-state index contributed by atoms with van der Waals surface area (Å²) in [4.78, 5) is 11.9. The number of carbonyl (C=O) groups is 1. The van der Waals surface area contributed by atoms with E-state index in [1.807, 2.05) is 5.32 Å². The number of halogens is 6. The van der Waals surface area contributed by atoms with Gasteiger partial charge in [-0.25, -0.2) is 8.78 Å². The zero-order valence-electron chi connectivity index (χ0n) is 10.9. The van der Waals surface area contributed by atoms with Crippen molar-refractivity contribution < 1.29 is 26.7 Å². The van der Waals surface area contributed by atoms with Gasteiger partial charge in [-0.1, -0.05) is 22.0 Å². The summed E-state index contributed by atoms with van der Waals surface area (Å²) in [5.74, 6) is -0.839. The molecule has 0 bridgehead atoms. The van der Waals surface area contributed by atoms with E-state index in [-0.39, 0.29) is 16.5 Å². The molecule has 0 unspecified atom stereocenters. The van der Waals surface area contributed by atoms with Gasteiger partial charge in [-0.2, -0.15) is 13.2 Å². The van der Waals surface area contributed by atoms with Crippen molar-refractivity contribution in [1.29, 1.82) is 0 Å². The Morgan fingerprint density at radius 3 is 2.59 bits per heavy atom. The fraction of sp³-hybridized carbons (Fsp3) is 0.308. The molecule has 120 valence electrons. The average molecular weight is 385 g/mol. The molecule has 0 saturated heterocycles. The second kappa shape index (κ2) is 6.23. The van der Waals surface area contributed by atoms with Crippen molar-refractivity contribution in [1.82, 2.24) is 9.88 Å². The number of alkyl halides is 5. The second-order valence-electron chi connectivity index (χ2n) is 4.55. The molecule has 0 aliphatic rings. The summed E-state index contributed by atoms with van der Waals surface area (Å²) in [6.07, 6.45) is -6.18. The van der Waals surface area contributed by atoms with Crippen LogP contribution in [-0.2, 0) is 6.54 Å². The highest BCUT2D eigenvalue weighted by molar-refractivity contribution is 9.10. The molecule has 1 N–H and O–H groups in total. The normalized spacial score (nSPS) is 12.1. The van der Waals surface area contributed by atoms with Crippen LogP contribution in [0.1, 0.15) is 10.4 Å². The van der Waals surface area contributed by atoms with Gasteiger partial charge in [0.1, 0.15) is 6.54 Å². The van der Waals surface area contributed by atoms with Crippen molar-refractivity contribution in [2.24, 2.45) is 0 Å². The summed E-state index contributed by atoms with van der Waals surface area (Å²) in [7, 11) is 0. The van der Waals surface area contributed by atoms with Crippen molar-refractivity contribution in [2.75, 3.05) is 6.54 Å². The number of hydrogen-bond donors (Lipinski definition) is 1. The van der Waals surface area contributed by atoms with Crippen LogP contribution in [0.5, 0.6) is 0 Å². The largest absolute Gasteiger partial charge is 0.406 e. The number of amides is 1. The Morgan fingerprint density at radius 2 is 2.00 bits per heavy atom. The van der Waals surface area contributed by atoms with E-state index in [0.717, 1.165) is 10.8 Å². The number of nitrogens with one attached hydrogen (secondary N) is 1. The summed E-state index contributed by atoms with van der Waals surface area (Å²) in [6, 6.07) is 4.46. The lowest BCUT2D eigenvalue weighted by Gasteiger charge is -2.08. The molecule has 0 fully saturated rings. The lowest BCUT2D eigenvalue weighted by Crippen LogP contribution is -2.28. The summed E-state index contributed by atoms with van der Waals surface area (Å²) in [5, 5.41) is 2.25. The van der Waals surface area contributed by atoms with Gasteiger partial charge in [0.2, 0.25) is 0 Å². The highest BCUT2D eigenvalue weighted by Gasteiger charge is 2.29. The van der Waals surface area contributed by atoms with Crippen molar-refractivity contribution >= 4 is 32.7 Å². The molecular formula is C13H10BrF5N2O.